The van der Waals surface area contributed by atoms with Crippen LogP contribution in [0.4, 0.5) is 0 Å². The molecule has 1 heterocycles. The highest BCUT2D eigenvalue weighted by atomic mass is 79.9. The van der Waals surface area contributed by atoms with E-state index in [0.717, 1.165) is 30.1 Å². The Bertz CT molecular complexity index is 430. The Balaban J connectivity index is 2.25. The first-order chi connectivity index (χ1) is 8.49. The van der Waals surface area contributed by atoms with Crippen LogP contribution in [0.15, 0.2) is 0 Å². The van der Waals surface area contributed by atoms with E-state index in [0.29, 0.717) is 10.2 Å². The second-order valence-corrected chi connectivity index (χ2v) is 7.38. The van der Waals surface area contributed by atoms with E-state index in [2.05, 4.69) is 46.5 Å². The molecule has 0 aliphatic heterocycles. The van der Waals surface area contributed by atoms with E-state index in [1.165, 1.54) is 25.0 Å². The number of hydrogen-bond donors (Lipinski definition) is 0. The number of aryl methyl sites for hydroxylation is 2. The summed E-state index contributed by atoms with van der Waals surface area (Å²) >= 11 is 10.2. The molecule has 2 atom stereocenters. The second kappa shape index (κ2) is 5.54. The number of hydrogen-bond acceptors (Lipinski definition) is 1. The largest absolute Gasteiger partial charge is 0.268 e. The van der Waals surface area contributed by atoms with E-state index in [4.69, 9.17) is 11.6 Å². The first-order valence-corrected chi connectivity index (χ1v) is 8.16. The zero-order chi connectivity index (χ0) is 13.3. The summed E-state index contributed by atoms with van der Waals surface area (Å²) in [6.07, 6.45) is 5.75. The molecule has 4 heteroatoms. The number of rotatable bonds is 4. The van der Waals surface area contributed by atoms with Gasteiger partial charge in [-0.1, -0.05) is 41.4 Å². The summed E-state index contributed by atoms with van der Waals surface area (Å²) in [5.74, 6) is 0. The predicted octanol–water partition coefficient (Wildman–Crippen LogP) is 4.62. The van der Waals surface area contributed by atoms with Crippen LogP contribution in [-0.4, -0.2) is 14.6 Å². The van der Waals surface area contributed by atoms with Crippen LogP contribution in [0.2, 0.25) is 5.02 Å². The first-order valence-electron chi connectivity index (χ1n) is 6.87. The summed E-state index contributed by atoms with van der Waals surface area (Å²) in [4.78, 5) is 0.671. The lowest BCUT2D eigenvalue weighted by atomic mass is 9.84. The van der Waals surface area contributed by atoms with Gasteiger partial charge in [0, 0.05) is 11.4 Å². The molecule has 102 valence electrons. The van der Waals surface area contributed by atoms with Gasteiger partial charge in [-0.05, 0) is 44.4 Å². The Hall–Kier alpha value is -0.0200. The van der Waals surface area contributed by atoms with Gasteiger partial charge in [0.2, 0.25) is 0 Å². The average molecular weight is 334 g/mol. The standard InChI is InChI=1S/C14H22BrClN2/c1-4-11-13(16)12(18(5-2)17-11)9-14(3)7-6-10(15)8-14/h10H,4-9H2,1-3H3. The minimum Gasteiger partial charge on any atom is -0.268 e. The molecule has 0 saturated heterocycles. The lowest BCUT2D eigenvalue weighted by Gasteiger charge is -2.24. The van der Waals surface area contributed by atoms with E-state index >= 15 is 0 Å². The lowest BCUT2D eigenvalue weighted by Crippen LogP contribution is -2.18. The fraction of sp³-hybridized carbons (Fsp3) is 0.786. The highest BCUT2D eigenvalue weighted by molar-refractivity contribution is 9.09. The third-order valence-corrected chi connectivity index (χ3v) is 5.28. The van der Waals surface area contributed by atoms with Crippen LogP contribution in [0, 0.1) is 5.41 Å². The molecule has 2 nitrogen and oxygen atoms in total. The van der Waals surface area contributed by atoms with Gasteiger partial charge in [-0.2, -0.15) is 5.10 Å². The van der Waals surface area contributed by atoms with Crippen molar-refractivity contribution < 1.29 is 0 Å². The van der Waals surface area contributed by atoms with Gasteiger partial charge in [0.15, 0.2) is 0 Å². The SMILES string of the molecule is CCc1nn(CC)c(CC2(C)CCC(Br)C2)c1Cl. The number of alkyl halides is 1. The van der Waals surface area contributed by atoms with E-state index in [1.54, 1.807) is 0 Å². The normalized spacial score (nSPS) is 27.9. The van der Waals surface area contributed by atoms with Crippen LogP contribution in [0.5, 0.6) is 0 Å². The summed E-state index contributed by atoms with van der Waals surface area (Å²) in [6, 6.07) is 0. The maximum absolute atomic E-state index is 6.49. The third-order valence-electron chi connectivity index (χ3n) is 4.06. The zero-order valence-electron chi connectivity index (χ0n) is 11.5. The van der Waals surface area contributed by atoms with Gasteiger partial charge in [-0.3, -0.25) is 4.68 Å². The molecule has 2 unspecified atom stereocenters. The van der Waals surface area contributed by atoms with Gasteiger partial charge < -0.3 is 0 Å². The molecule has 1 saturated carbocycles. The van der Waals surface area contributed by atoms with E-state index < -0.39 is 0 Å². The van der Waals surface area contributed by atoms with Crippen molar-refractivity contribution in [3.63, 3.8) is 0 Å². The summed E-state index contributed by atoms with van der Waals surface area (Å²) in [6.45, 7) is 7.53. The van der Waals surface area contributed by atoms with Gasteiger partial charge in [-0.15, -0.1) is 0 Å². The highest BCUT2D eigenvalue weighted by Gasteiger charge is 2.35. The van der Waals surface area contributed by atoms with E-state index in [-0.39, 0.29) is 0 Å². The molecule has 0 radical (unpaired) electrons. The Morgan fingerprint density at radius 1 is 1.50 bits per heavy atom. The summed E-state index contributed by atoms with van der Waals surface area (Å²) < 4.78 is 2.09. The number of halogens is 2. The molecule has 1 fully saturated rings. The molecule has 0 aromatic carbocycles. The smallest absolute Gasteiger partial charge is 0.0850 e. The van der Waals surface area contributed by atoms with Crippen molar-refractivity contribution in [1.29, 1.82) is 0 Å². The summed E-state index contributed by atoms with van der Waals surface area (Å²) in [7, 11) is 0. The lowest BCUT2D eigenvalue weighted by molar-refractivity contribution is 0.325. The van der Waals surface area contributed by atoms with E-state index in [9.17, 15) is 0 Å². The Morgan fingerprint density at radius 3 is 2.72 bits per heavy atom. The maximum Gasteiger partial charge on any atom is 0.0850 e. The predicted molar refractivity (Wildman–Crippen MR) is 80.7 cm³/mol. The van der Waals surface area contributed by atoms with E-state index in [1.807, 2.05) is 0 Å². The second-order valence-electron chi connectivity index (χ2n) is 5.70. The molecule has 0 amide bonds. The summed E-state index contributed by atoms with van der Waals surface area (Å²) in [5.41, 5.74) is 2.65. The minimum atomic E-state index is 0.371. The highest BCUT2D eigenvalue weighted by Crippen LogP contribution is 2.44. The van der Waals surface area contributed by atoms with Crippen molar-refractivity contribution in [2.24, 2.45) is 5.41 Å². The first kappa shape index (κ1) is 14.4. The third kappa shape index (κ3) is 2.77. The summed E-state index contributed by atoms with van der Waals surface area (Å²) in [5, 5.41) is 5.51. The van der Waals surface area contributed by atoms with Gasteiger partial charge in [0.05, 0.1) is 16.4 Å². The van der Waals surface area contributed by atoms with Gasteiger partial charge in [0.25, 0.3) is 0 Å². The molecule has 1 aromatic rings. The molecule has 18 heavy (non-hydrogen) atoms. The van der Waals surface area contributed by atoms with Crippen LogP contribution in [0.3, 0.4) is 0 Å². The molecule has 0 N–H and O–H groups in total. The Labute approximate surface area is 123 Å². The van der Waals surface area contributed by atoms with Crippen LogP contribution in [0.1, 0.15) is 51.4 Å². The Kier molecular flexibility index (Phi) is 4.43. The zero-order valence-corrected chi connectivity index (χ0v) is 13.8. The molecule has 1 aliphatic carbocycles. The quantitative estimate of drug-likeness (QED) is 0.735. The maximum atomic E-state index is 6.49. The molecule has 1 aliphatic rings. The average Bonchev–Trinajstić information content (AvgIpc) is 2.82. The van der Waals surface area contributed by atoms with Crippen molar-refractivity contribution in [1.82, 2.24) is 9.78 Å². The molecule has 0 spiro atoms. The van der Waals surface area contributed by atoms with Crippen molar-refractivity contribution in [2.75, 3.05) is 0 Å². The monoisotopic (exact) mass is 332 g/mol. The van der Waals surface area contributed by atoms with Crippen LogP contribution >= 0.6 is 27.5 Å². The van der Waals surface area contributed by atoms with Gasteiger partial charge in [-0.25, -0.2) is 0 Å². The molecular weight excluding hydrogens is 312 g/mol. The molecule has 0 bridgehead atoms. The number of nitrogens with zero attached hydrogens (tertiary/aromatic N) is 2. The topological polar surface area (TPSA) is 17.8 Å². The van der Waals surface area contributed by atoms with Crippen LogP contribution in [-0.2, 0) is 19.4 Å². The number of aromatic nitrogens is 2. The fourth-order valence-corrected chi connectivity index (χ4v) is 4.34. The van der Waals surface area contributed by atoms with Crippen molar-refractivity contribution in [3.05, 3.63) is 16.4 Å². The molecular formula is C14H22BrClN2. The van der Waals surface area contributed by atoms with Crippen molar-refractivity contribution >= 4 is 27.5 Å². The van der Waals surface area contributed by atoms with Gasteiger partial charge in [0.1, 0.15) is 0 Å². The minimum absolute atomic E-state index is 0.371. The van der Waals surface area contributed by atoms with Crippen LogP contribution < -0.4 is 0 Å². The van der Waals surface area contributed by atoms with Gasteiger partial charge >= 0.3 is 0 Å². The molecule has 1 aromatic heterocycles. The molecule has 2 rings (SSSR count). The fourth-order valence-electron chi connectivity index (χ4n) is 2.99. The Morgan fingerprint density at radius 2 is 2.22 bits per heavy atom. The van der Waals surface area contributed by atoms with Crippen molar-refractivity contribution in [3.8, 4) is 0 Å². The van der Waals surface area contributed by atoms with Crippen molar-refractivity contribution in [2.45, 2.75) is 64.2 Å². The van der Waals surface area contributed by atoms with Crippen LogP contribution in [0.25, 0.3) is 0 Å².